The number of hydrogen-bond acceptors (Lipinski definition) is 5. The van der Waals surface area contributed by atoms with Crippen molar-refractivity contribution < 1.29 is 13.2 Å². The predicted octanol–water partition coefficient (Wildman–Crippen LogP) is 5.14. The van der Waals surface area contributed by atoms with Gasteiger partial charge in [0.25, 0.3) is 10.0 Å². The standard InChI is InChI=1S/C24H31N3O3S2/c1-16(2)12-20-14-21(23(31-20)32(29,30)26-24(4,5)6)19-9-7-8-18(13-19)15-27-11-10-25-22(27)17(3)28/h7-11,13-14,16,26H,12,15H2,1-6H3. The first-order valence-electron chi connectivity index (χ1n) is 10.6. The molecule has 0 bridgehead atoms. The number of hydrogen-bond donors (Lipinski definition) is 1. The number of nitrogens with one attached hydrogen (secondary N) is 1. The van der Waals surface area contributed by atoms with Crippen LogP contribution in [0.25, 0.3) is 11.1 Å². The van der Waals surface area contributed by atoms with Gasteiger partial charge >= 0.3 is 0 Å². The normalized spacial score (nSPS) is 12.5. The number of benzene rings is 1. The number of thiophene rings is 1. The zero-order valence-electron chi connectivity index (χ0n) is 19.5. The van der Waals surface area contributed by atoms with E-state index >= 15 is 0 Å². The predicted molar refractivity (Wildman–Crippen MR) is 130 cm³/mol. The summed E-state index contributed by atoms with van der Waals surface area (Å²) in [5.74, 6) is 0.733. The molecule has 172 valence electrons. The molecule has 32 heavy (non-hydrogen) atoms. The Morgan fingerprint density at radius 3 is 2.56 bits per heavy atom. The van der Waals surface area contributed by atoms with Crippen LogP contribution >= 0.6 is 11.3 Å². The molecule has 0 aliphatic carbocycles. The van der Waals surface area contributed by atoms with Gasteiger partial charge < -0.3 is 4.57 Å². The minimum atomic E-state index is -3.68. The Morgan fingerprint density at radius 1 is 1.22 bits per heavy atom. The number of nitrogens with zero attached hydrogens (tertiary/aromatic N) is 2. The fourth-order valence-electron chi connectivity index (χ4n) is 3.56. The molecular formula is C24H31N3O3S2. The smallest absolute Gasteiger partial charge is 0.251 e. The van der Waals surface area contributed by atoms with Crippen molar-refractivity contribution in [3.05, 3.63) is 59.0 Å². The molecule has 0 saturated carbocycles. The molecule has 2 heterocycles. The van der Waals surface area contributed by atoms with Crippen molar-refractivity contribution in [1.82, 2.24) is 14.3 Å². The van der Waals surface area contributed by atoms with Gasteiger partial charge in [0, 0.05) is 41.8 Å². The van der Waals surface area contributed by atoms with E-state index in [-0.39, 0.29) is 5.78 Å². The van der Waals surface area contributed by atoms with Crippen LogP contribution < -0.4 is 4.72 Å². The van der Waals surface area contributed by atoms with E-state index in [2.05, 4.69) is 23.6 Å². The highest BCUT2D eigenvalue weighted by Crippen LogP contribution is 2.37. The van der Waals surface area contributed by atoms with Gasteiger partial charge in [-0.1, -0.05) is 32.0 Å². The van der Waals surface area contributed by atoms with Crippen LogP contribution in [0.5, 0.6) is 0 Å². The van der Waals surface area contributed by atoms with Gasteiger partial charge in [-0.2, -0.15) is 0 Å². The molecule has 0 aliphatic heterocycles. The number of rotatable bonds is 8. The molecule has 2 aromatic heterocycles. The number of carbonyl (C=O) groups excluding carboxylic acids is 1. The van der Waals surface area contributed by atoms with Crippen LogP contribution in [0.4, 0.5) is 0 Å². The molecule has 0 spiro atoms. The van der Waals surface area contributed by atoms with Gasteiger partial charge in [0.1, 0.15) is 4.21 Å². The summed E-state index contributed by atoms with van der Waals surface area (Å²) in [4.78, 5) is 17.0. The Morgan fingerprint density at radius 2 is 1.94 bits per heavy atom. The quantitative estimate of drug-likeness (QED) is 0.460. The number of carbonyl (C=O) groups is 1. The molecular weight excluding hydrogens is 442 g/mol. The molecule has 6 nitrogen and oxygen atoms in total. The first-order chi connectivity index (χ1) is 14.9. The second kappa shape index (κ2) is 9.29. The number of aromatic nitrogens is 2. The lowest BCUT2D eigenvalue weighted by Crippen LogP contribution is -2.40. The average Bonchev–Trinajstić information content (AvgIpc) is 3.27. The van der Waals surface area contributed by atoms with Crippen molar-refractivity contribution in [2.45, 2.75) is 64.3 Å². The number of ketones is 1. The minimum Gasteiger partial charge on any atom is -0.324 e. The number of sulfonamides is 1. The molecule has 0 fully saturated rings. The Kier molecular flexibility index (Phi) is 7.07. The summed E-state index contributed by atoms with van der Waals surface area (Å²) in [6, 6.07) is 9.81. The second-order valence-electron chi connectivity index (χ2n) is 9.50. The lowest BCUT2D eigenvalue weighted by Gasteiger charge is -2.20. The van der Waals surface area contributed by atoms with Crippen molar-refractivity contribution >= 4 is 27.1 Å². The molecule has 0 saturated heterocycles. The van der Waals surface area contributed by atoms with E-state index in [4.69, 9.17) is 0 Å². The zero-order chi connectivity index (χ0) is 23.7. The highest BCUT2D eigenvalue weighted by molar-refractivity contribution is 7.91. The molecule has 1 N–H and O–H groups in total. The van der Waals surface area contributed by atoms with Crippen LogP contribution in [0.2, 0.25) is 0 Å². The highest BCUT2D eigenvalue weighted by atomic mass is 32.2. The Hall–Kier alpha value is -2.29. The Bertz CT molecular complexity index is 1220. The third-order valence-corrected chi connectivity index (χ3v) is 8.11. The second-order valence-corrected chi connectivity index (χ2v) is 12.5. The third kappa shape index (κ3) is 5.94. The van der Waals surface area contributed by atoms with E-state index in [0.29, 0.717) is 28.1 Å². The van der Waals surface area contributed by atoms with E-state index in [1.165, 1.54) is 18.3 Å². The molecule has 0 radical (unpaired) electrons. The maximum atomic E-state index is 13.3. The van der Waals surface area contributed by atoms with Crippen LogP contribution in [0, 0.1) is 5.92 Å². The van der Waals surface area contributed by atoms with Crippen molar-refractivity contribution in [3.63, 3.8) is 0 Å². The van der Waals surface area contributed by atoms with Gasteiger partial charge in [0.05, 0.1) is 0 Å². The molecule has 3 aromatic rings. The number of imidazole rings is 1. The zero-order valence-corrected chi connectivity index (χ0v) is 21.1. The summed E-state index contributed by atoms with van der Waals surface area (Å²) in [5.41, 5.74) is 1.94. The van der Waals surface area contributed by atoms with E-state index in [9.17, 15) is 13.2 Å². The van der Waals surface area contributed by atoms with Crippen LogP contribution in [0.3, 0.4) is 0 Å². The van der Waals surface area contributed by atoms with Crippen molar-refractivity contribution in [1.29, 1.82) is 0 Å². The maximum absolute atomic E-state index is 13.3. The molecule has 3 rings (SSSR count). The summed E-state index contributed by atoms with van der Waals surface area (Å²) >= 11 is 1.34. The van der Waals surface area contributed by atoms with E-state index in [0.717, 1.165) is 22.4 Å². The van der Waals surface area contributed by atoms with Crippen LogP contribution in [0.15, 0.2) is 46.9 Å². The lowest BCUT2D eigenvalue weighted by atomic mass is 10.0. The van der Waals surface area contributed by atoms with Crippen LogP contribution in [0.1, 0.15) is 62.6 Å². The van der Waals surface area contributed by atoms with Crippen molar-refractivity contribution in [3.8, 4) is 11.1 Å². The van der Waals surface area contributed by atoms with E-state index in [1.54, 1.807) is 17.0 Å². The fourth-order valence-corrected chi connectivity index (χ4v) is 6.93. The summed E-state index contributed by atoms with van der Waals surface area (Å²) in [5, 5.41) is 0. The van der Waals surface area contributed by atoms with Crippen LogP contribution in [-0.4, -0.2) is 29.3 Å². The summed E-state index contributed by atoms with van der Waals surface area (Å²) in [6.45, 7) is 11.7. The first kappa shape index (κ1) is 24.4. The highest BCUT2D eigenvalue weighted by Gasteiger charge is 2.28. The molecule has 0 atom stereocenters. The SMILES string of the molecule is CC(=O)c1nccn1Cc1cccc(-c2cc(CC(C)C)sc2S(=O)(=O)NC(C)(C)C)c1. The van der Waals surface area contributed by atoms with Gasteiger partial charge in [0.2, 0.25) is 0 Å². The average molecular weight is 474 g/mol. The topological polar surface area (TPSA) is 81.1 Å². The van der Waals surface area contributed by atoms with Gasteiger partial charge in [0.15, 0.2) is 11.6 Å². The minimum absolute atomic E-state index is 0.0936. The lowest BCUT2D eigenvalue weighted by molar-refractivity contribution is 0.1000. The van der Waals surface area contributed by atoms with Crippen molar-refractivity contribution in [2.75, 3.05) is 0 Å². The largest absolute Gasteiger partial charge is 0.324 e. The fraction of sp³-hybridized carbons (Fsp3) is 0.417. The van der Waals surface area contributed by atoms with Gasteiger partial charge in [-0.15, -0.1) is 11.3 Å². The Labute approximate surface area is 194 Å². The van der Waals surface area contributed by atoms with E-state index < -0.39 is 15.6 Å². The number of Topliss-reactive ketones (excluding diaryl/α,β-unsaturated/α-hetero) is 1. The van der Waals surface area contributed by atoms with Crippen molar-refractivity contribution in [2.24, 2.45) is 5.92 Å². The van der Waals surface area contributed by atoms with Gasteiger partial charge in [-0.25, -0.2) is 18.1 Å². The summed E-state index contributed by atoms with van der Waals surface area (Å²) in [6.07, 6.45) is 4.21. The maximum Gasteiger partial charge on any atom is 0.251 e. The first-order valence-corrected chi connectivity index (χ1v) is 12.9. The van der Waals surface area contributed by atoms with Gasteiger partial charge in [-0.05, 0) is 56.4 Å². The monoisotopic (exact) mass is 473 g/mol. The third-order valence-electron chi connectivity index (χ3n) is 4.66. The van der Waals surface area contributed by atoms with E-state index in [1.807, 2.05) is 51.1 Å². The summed E-state index contributed by atoms with van der Waals surface area (Å²) < 4.78 is 31.4. The summed E-state index contributed by atoms with van der Waals surface area (Å²) in [7, 11) is -3.68. The van der Waals surface area contributed by atoms with Gasteiger partial charge in [-0.3, -0.25) is 4.79 Å². The molecule has 1 aromatic carbocycles. The molecule has 0 aliphatic rings. The molecule has 0 unspecified atom stereocenters. The van der Waals surface area contributed by atoms with Crippen LogP contribution in [-0.2, 0) is 23.0 Å². The Balaban J connectivity index is 2.05. The molecule has 8 heteroatoms. The molecule has 0 amide bonds.